The molecule has 0 bridgehead atoms. The van der Waals surface area contributed by atoms with Gasteiger partial charge in [0.15, 0.2) is 5.84 Å². The van der Waals surface area contributed by atoms with E-state index in [0.717, 1.165) is 18.6 Å². The lowest BCUT2D eigenvalue weighted by molar-refractivity contribution is -0.124. The molecule has 2 rings (SSSR count). The molecule has 1 aromatic rings. The fourth-order valence-electron chi connectivity index (χ4n) is 2.07. The number of hydrogen-bond donors (Lipinski definition) is 3. The van der Waals surface area contributed by atoms with Gasteiger partial charge >= 0.3 is 0 Å². The lowest BCUT2D eigenvalue weighted by Crippen LogP contribution is -2.44. The molecule has 1 unspecified atom stereocenters. The number of nitrogens with two attached hydrogens (primary N) is 1. The number of oxime groups is 1. The number of aryl methyl sites for hydroxylation is 1. The standard InChI is InChI=1S/C13H19N3O3/c1-9(4-5-10-3-2-8-19-10)15-12(17)13(6-7-13)11(14)16-18/h2-3,8-9,18H,4-7H2,1H3,(H2,14,16)(H,15,17). The largest absolute Gasteiger partial charge is 0.469 e. The van der Waals surface area contributed by atoms with Crippen LogP contribution in [0.4, 0.5) is 0 Å². The fraction of sp³-hybridized carbons (Fsp3) is 0.538. The van der Waals surface area contributed by atoms with Crippen LogP contribution in [0.15, 0.2) is 28.0 Å². The lowest BCUT2D eigenvalue weighted by atomic mass is 10.0. The molecular weight excluding hydrogens is 246 g/mol. The molecular formula is C13H19N3O3. The predicted octanol–water partition coefficient (Wildman–Crippen LogP) is 1.24. The Bertz CT molecular complexity index is 463. The predicted molar refractivity (Wildman–Crippen MR) is 69.7 cm³/mol. The minimum Gasteiger partial charge on any atom is -0.469 e. The third-order valence-corrected chi connectivity index (χ3v) is 3.56. The van der Waals surface area contributed by atoms with Crippen molar-refractivity contribution in [3.8, 4) is 0 Å². The third-order valence-electron chi connectivity index (χ3n) is 3.56. The summed E-state index contributed by atoms with van der Waals surface area (Å²) < 4.78 is 5.24. The molecule has 1 aliphatic carbocycles. The number of amidine groups is 1. The molecule has 0 aliphatic heterocycles. The van der Waals surface area contributed by atoms with Crippen LogP contribution in [-0.4, -0.2) is 23.0 Å². The molecule has 19 heavy (non-hydrogen) atoms. The normalized spacial score (nSPS) is 18.9. The maximum atomic E-state index is 12.1. The van der Waals surface area contributed by atoms with Crippen LogP contribution in [0.2, 0.25) is 0 Å². The van der Waals surface area contributed by atoms with Gasteiger partial charge in [0.25, 0.3) is 0 Å². The van der Waals surface area contributed by atoms with Gasteiger partial charge in [0.1, 0.15) is 11.2 Å². The van der Waals surface area contributed by atoms with Crippen LogP contribution in [0.3, 0.4) is 0 Å². The molecule has 6 heteroatoms. The third kappa shape index (κ3) is 2.89. The molecule has 0 saturated heterocycles. The number of rotatable bonds is 6. The summed E-state index contributed by atoms with van der Waals surface area (Å²) in [7, 11) is 0. The van der Waals surface area contributed by atoms with Crippen molar-refractivity contribution in [2.75, 3.05) is 0 Å². The van der Waals surface area contributed by atoms with Crippen molar-refractivity contribution in [1.82, 2.24) is 5.32 Å². The van der Waals surface area contributed by atoms with E-state index in [4.69, 9.17) is 15.4 Å². The SMILES string of the molecule is CC(CCc1ccco1)NC(=O)C1(/C(N)=N/O)CC1. The number of nitrogens with one attached hydrogen (secondary N) is 1. The van der Waals surface area contributed by atoms with Gasteiger partial charge in [-0.2, -0.15) is 0 Å². The minimum atomic E-state index is -0.784. The molecule has 1 fully saturated rings. The molecule has 1 atom stereocenters. The second-order valence-electron chi connectivity index (χ2n) is 5.06. The summed E-state index contributed by atoms with van der Waals surface area (Å²) in [6, 6.07) is 3.77. The number of hydrogen-bond acceptors (Lipinski definition) is 4. The van der Waals surface area contributed by atoms with Crippen molar-refractivity contribution in [2.45, 2.75) is 38.6 Å². The van der Waals surface area contributed by atoms with Gasteiger partial charge in [0.05, 0.1) is 6.26 Å². The fourth-order valence-corrected chi connectivity index (χ4v) is 2.07. The van der Waals surface area contributed by atoms with Gasteiger partial charge in [0, 0.05) is 12.5 Å². The van der Waals surface area contributed by atoms with Crippen LogP contribution in [-0.2, 0) is 11.2 Å². The molecule has 1 saturated carbocycles. The molecule has 4 N–H and O–H groups in total. The summed E-state index contributed by atoms with van der Waals surface area (Å²) in [6.07, 6.45) is 4.46. The zero-order valence-corrected chi connectivity index (χ0v) is 10.9. The van der Waals surface area contributed by atoms with E-state index in [1.54, 1.807) is 6.26 Å². The van der Waals surface area contributed by atoms with Crippen molar-refractivity contribution >= 4 is 11.7 Å². The Labute approximate surface area is 111 Å². The summed E-state index contributed by atoms with van der Waals surface area (Å²) >= 11 is 0. The van der Waals surface area contributed by atoms with E-state index in [0.29, 0.717) is 12.8 Å². The molecule has 0 aromatic carbocycles. The van der Waals surface area contributed by atoms with E-state index in [1.807, 2.05) is 19.1 Å². The Morgan fingerprint density at radius 3 is 2.95 bits per heavy atom. The minimum absolute atomic E-state index is 0.00299. The van der Waals surface area contributed by atoms with Crippen molar-refractivity contribution in [1.29, 1.82) is 0 Å². The van der Waals surface area contributed by atoms with Crippen molar-refractivity contribution in [3.63, 3.8) is 0 Å². The second-order valence-corrected chi connectivity index (χ2v) is 5.06. The van der Waals surface area contributed by atoms with E-state index >= 15 is 0 Å². The number of carbonyl (C=O) groups is 1. The number of amides is 1. The molecule has 1 heterocycles. The van der Waals surface area contributed by atoms with Crippen molar-refractivity contribution < 1.29 is 14.4 Å². The molecule has 0 radical (unpaired) electrons. The van der Waals surface area contributed by atoms with Crippen LogP contribution in [0.1, 0.15) is 31.9 Å². The first-order valence-electron chi connectivity index (χ1n) is 6.40. The monoisotopic (exact) mass is 265 g/mol. The van der Waals surface area contributed by atoms with E-state index in [9.17, 15) is 4.79 Å². The van der Waals surface area contributed by atoms with E-state index in [1.165, 1.54) is 0 Å². The molecule has 1 amide bonds. The van der Waals surface area contributed by atoms with Crippen molar-refractivity contribution in [3.05, 3.63) is 24.2 Å². The summed E-state index contributed by atoms with van der Waals surface area (Å²) in [5, 5.41) is 14.6. The van der Waals surface area contributed by atoms with Gasteiger partial charge in [-0.15, -0.1) is 0 Å². The van der Waals surface area contributed by atoms with E-state index in [-0.39, 0.29) is 17.8 Å². The Kier molecular flexibility index (Phi) is 3.78. The summed E-state index contributed by atoms with van der Waals surface area (Å²) in [5.74, 6) is 0.747. The summed E-state index contributed by atoms with van der Waals surface area (Å²) in [6.45, 7) is 1.93. The molecule has 0 spiro atoms. The number of carbonyl (C=O) groups excluding carboxylic acids is 1. The lowest BCUT2D eigenvalue weighted by Gasteiger charge is -2.18. The highest BCUT2D eigenvalue weighted by Crippen LogP contribution is 2.46. The highest BCUT2D eigenvalue weighted by Gasteiger charge is 2.54. The summed E-state index contributed by atoms with van der Waals surface area (Å²) in [5.41, 5.74) is 4.78. The quantitative estimate of drug-likeness (QED) is 0.312. The Hall–Kier alpha value is -1.98. The van der Waals surface area contributed by atoms with Gasteiger partial charge in [-0.1, -0.05) is 5.16 Å². The van der Waals surface area contributed by atoms with Crippen molar-refractivity contribution in [2.24, 2.45) is 16.3 Å². The Morgan fingerprint density at radius 2 is 2.42 bits per heavy atom. The van der Waals surface area contributed by atoms with E-state index in [2.05, 4.69) is 10.5 Å². The molecule has 1 aromatic heterocycles. The zero-order valence-electron chi connectivity index (χ0n) is 10.9. The second kappa shape index (κ2) is 5.34. The zero-order chi connectivity index (χ0) is 13.9. The first-order chi connectivity index (χ1) is 9.08. The number of nitrogens with zero attached hydrogens (tertiary/aromatic N) is 1. The van der Waals surface area contributed by atoms with Crippen LogP contribution >= 0.6 is 0 Å². The molecule has 104 valence electrons. The van der Waals surface area contributed by atoms with Crippen LogP contribution in [0.5, 0.6) is 0 Å². The maximum absolute atomic E-state index is 12.1. The average molecular weight is 265 g/mol. The van der Waals surface area contributed by atoms with Gasteiger partial charge in [-0.05, 0) is 38.3 Å². The summed E-state index contributed by atoms with van der Waals surface area (Å²) in [4.78, 5) is 12.1. The van der Waals surface area contributed by atoms with E-state index < -0.39 is 5.41 Å². The van der Waals surface area contributed by atoms with Gasteiger partial charge < -0.3 is 20.7 Å². The maximum Gasteiger partial charge on any atom is 0.234 e. The van der Waals surface area contributed by atoms with Gasteiger partial charge in [-0.3, -0.25) is 4.79 Å². The van der Waals surface area contributed by atoms with Gasteiger partial charge in [0.2, 0.25) is 5.91 Å². The van der Waals surface area contributed by atoms with Crippen LogP contribution in [0, 0.1) is 5.41 Å². The highest BCUT2D eigenvalue weighted by molar-refractivity contribution is 6.09. The topological polar surface area (TPSA) is 101 Å². The highest BCUT2D eigenvalue weighted by atomic mass is 16.4. The van der Waals surface area contributed by atoms with Crippen LogP contribution in [0.25, 0.3) is 0 Å². The van der Waals surface area contributed by atoms with Crippen LogP contribution < -0.4 is 11.1 Å². The Balaban J connectivity index is 1.82. The Morgan fingerprint density at radius 1 is 1.68 bits per heavy atom. The molecule has 6 nitrogen and oxygen atoms in total. The molecule has 1 aliphatic rings. The number of furan rings is 1. The smallest absolute Gasteiger partial charge is 0.234 e. The first kappa shape index (κ1) is 13.5. The van der Waals surface area contributed by atoms with Gasteiger partial charge in [-0.25, -0.2) is 0 Å². The average Bonchev–Trinajstić information content (AvgIpc) is 3.06. The first-order valence-corrected chi connectivity index (χ1v) is 6.40.